The number of benzene rings is 1. The number of hydrogen-bond acceptors (Lipinski definition) is 4. The highest BCUT2D eigenvalue weighted by Crippen LogP contribution is 2.14. The van der Waals surface area contributed by atoms with Gasteiger partial charge < -0.3 is 5.73 Å². The van der Waals surface area contributed by atoms with Crippen LogP contribution in [0.3, 0.4) is 0 Å². The van der Waals surface area contributed by atoms with E-state index in [-0.39, 0.29) is 0 Å². The Hall–Kier alpha value is -2.27. The van der Waals surface area contributed by atoms with Gasteiger partial charge in [0.25, 0.3) is 0 Å². The fourth-order valence-electron chi connectivity index (χ4n) is 1.92. The number of nitrogens with two attached hydrogens (primary N) is 1. The zero-order valence-electron chi connectivity index (χ0n) is 9.82. The Morgan fingerprint density at radius 1 is 1.22 bits per heavy atom. The topological polar surface area (TPSA) is 69.6 Å². The van der Waals surface area contributed by atoms with Gasteiger partial charge in [-0.2, -0.15) is 0 Å². The third-order valence-electron chi connectivity index (χ3n) is 2.81. The Morgan fingerprint density at radius 2 is 2.17 bits per heavy atom. The van der Waals surface area contributed by atoms with Crippen LogP contribution in [0.25, 0.3) is 10.9 Å². The van der Waals surface area contributed by atoms with E-state index in [0.29, 0.717) is 13.1 Å². The lowest BCUT2D eigenvalue weighted by Crippen LogP contribution is -2.00. The summed E-state index contributed by atoms with van der Waals surface area (Å²) in [5.74, 6) is 0. The maximum atomic E-state index is 5.51. The standard InChI is InChI=1S/C13H13N5/c14-7-12-9-18(17-16-12)8-10-3-4-13-11(6-10)2-1-5-15-13/h1-6,9H,7-8,14H2. The maximum absolute atomic E-state index is 5.51. The van der Waals surface area contributed by atoms with Gasteiger partial charge in [-0.15, -0.1) is 5.10 Å². The predicted octanol–water partition coefficient (Wildman–Crippen LogP) is 1.33. The van der Waals surface area contributed by atoms with Crippen molar-refractivity contribution in [1.82, 2.24) is 20.0 Å². The molecular formula is C13H13N5. The number of fused-ring (bicyclic) bond motifs is 1. The van der Waals surface area contributed by atoms with Crippen LogP contribution in [0.15, 0.2) is 42.7 Å². The Bertz CT molecular complexity index is 674. The second-order valence-corrected chi connectivity index (χ2v) is 4.14. The van der Waals surface area contributed by atoms with E-state index < -0.39 is 0 Å². The first-order valence-electron chi connectivity index (χ1n) is 5.78. The lowest BCUT2D eigenvalue weighted by atomic mass is 10.1. The lowest BCUT2D eigenvalue weighted by Gasteiger charge is -2.02. The van der Waals surface area contributed by atoms with Crippen molar-refractivity contribution in [3.8, 4) is 0 Å². The molecule has 0 saturated heterocycles. The summed E-state index contributed by atoms with van der Waals surface area (Å²) in [6.45, 7) is 1.11. The van der Waals surface area contributed by atoms with Gasteiger partial charge in [-0.05, 0) is 23.8 Å². The van der Waals surface area contributed by atoms with Crippen molar-refractivity contribution < 1.29 is 0 Å². The van der Waals surface area contributed by atoms with Gasteiger partial charge in [0.1, 0.15) is 0 Å². The highest BCUT2D eigenvalue weighted by Gasteiger charge is 2.01. The minimum Gasteiger partial charge on any atom is -0.325 e. The Labute approximate surface area is 104 Å². The molecule has 2 aromatic heterocycles. The van der Waals surface area contributed by atoms with Crippen molar-refractivity contribution in [3.05, 3.63) is 54.0 Å². The van der Waals surface area contributed by atoms with Crippen molar-refractivity contribution >= 4 is 10.9 Å². The molecule has 0 aliphatic heterocycles. The van der Waals surface area contributed by atoms with Crippen molar-refractivity contribution in [1.29, 1.82) is 0 Å². The van der Waals surface area contributed by atoms with Crippen LogP contribution in [0, 0.1) is 0 Å². The largest absolute Gasteiger partial charge is 0.325 e. The number of pyridine rings is 1. The van der Waals surface area contributed by atoms with Gasteiger partial charge in [-0.1, -0.05) is 17.3 Å². The molecule has 0 radical (unpaired) electrons. The number of rotatable bonds is 3. The summed E-state index contributed by atoms with van der Waals surface area (Å²) in [4.78, 5) is 4.30. The molecular weight excluding hydrogens is 226 g/mol. The molecule has 2 heterocycles. The second kappa shape index (κ2) is 4.54. The van der Waals surface area contributed by atoms with Crippen LogP contribution in [-0.2, 0) is 13.1 Å². The van der Waals surface area contributed by atoms with Crippen molar-refractivity contribution in [2.75, 3.05) is 0 Å². The van der Waals surface area contributed by atoms with Gasteiger partial charge in [-0.3, -0.25) is 4.98 Å². The number of nitrogens with zero attached hydrogens (tertiary/aromatic N) is 4. The Balaban J connectivity index is 1.90. The Kier molecular flexibility index (Phi) is 2.74. The highest BCUT2D eigenvalue weighted by atomic mass is 15.4. The van der Waals surface area contributed by atoms with E-state index in [0.717, 1.165) is 16.6 Å². The third kappa shape index (κ3) is 2.08. The van der Waals surface area contributed by atoms with Gasteiger partial charge in [0.05, 0.1) is 24.0 Å². The molecule has 0 bridgehead atoms. The quantitative estimate of drug-likeness (QED) is 0.748. The molecule has 3 aromatic rings. The molecule has 2 N–H and O–H groups in total. The third-order valence-corrected chi connectivity index (χ3v) is 2.81. The minimum atomic E-state index is 0.418. The monoisotopic (exact) mass is 239 g/mol. The van der Waals surface area contributed by atoms with Crippen LogP contribution in [-0.4, -0.2) is 20.0 Å². The van der Waals surface area contributed by atoms with E-state index in [9.17, 15) is 0 Å². The van der Waals surface area contributed by atoms with Gasteiger partial charge in [0.2, 0.25) is 0 Å². The van der Waals surface area contributed by atoms with E-state index in [1.165, 1.54) is 5.56 Å². The minimum absolute atomic E-state index is 0.418. The summed E-state index contributed by atoms with van der Waals surface area (Å²) in [5, 5.41) is 9.14. The van der Waals surface area contributed by atoms with Crippen molar-refractivity contribution in [3.63, 3.8) is 0 Å². The summed E-state index contributed by atoms with van der Waals surface area (Å²) < 4.78 is 1.79. The van der Waals surface area contributed by atoms with Gasteiger partial charge >= 0.3 is 0 Å². The van der Waals surface area contributed by atoms with Gasteiger partial charge in [0.15, 0.2) is 0 Å². The van der Waals surface area contributed by atoms with E-state index in [1.807, 2.05) is 18.3 Å². The number of hydrogen-bond donors (Lipinski definition) is 1. The van der Waals surface area contributed by atoms with Crippen molar-refractivity contribution in [2.24, 2.45) is 5.73 Å². The van der Waals surface area contributed by atoms with Gasteiger partial charge in [0, 0.05) is 18.1 Å². The smallest absolute Gasteiger partial charge is 0.0962 e. The first-order valence-corrected chi connectivity index (χ1v) is 5.78. The lowest BCUT2D eigenvalue weighted by molar-refractivity contribution is 0.649. The van der Waals surface area contributed by atoms with Crippen LogP contribution in [0.5, 0.6) is 0 Å². The zero-order chi connectivity index (χ0) is 12.4. The Morgan fingerprint density at radius 3 is 3.00 bits per heavy atom. The molecule has 0 fully saturated rings. The molecule has 0 unspecified atom stereocenters. The average Bonchev–Trinajstić information content (AvgIpc) is 2.86. The van der Waals surface area contributed by atoms with Crippen LogP contribution in [0.4, 0.5) is 0 Å². The van der Waals surface area contributed by atoms with Crippen LogP contribution in [0.2, 0.25) is 0 Å². The molecule has 3 rings (SSSR count). The van der Waals surface area contributed by atoms with Crippen molar-refractivity contribution in [2.45, 2.75) is 13.1 Å². The predicted molar refractivity (Wildman–Crippen MR) is 68.8 cm³/mol. The molecule has 0 spiro atoms. The summed E-state index contributed by atoms with van der Waals surface area (Å²) >= 11 is 0. The van der Waals surface area contributed by atoms with E-state index in [4.69, 9.17) is 5.73 Å². The summed E-state index contributed by atoms with van der Waals surface area (Å²) in [5.41, 5.74) is 8.48. The molecule has 0 aliphatic rings. The fraction of sp³-hybridized carbons (Fsp3) is 0.154. The molecule has 0 atom stereocenters. The maximum Gasteiger partial charge on any atom is 0.0962 e. The summed E-state index contributed by atoms with van der Waals surface area (Å²) in [6.07, 6.45) is 3.67. The molecule has 0 aliphatic carbocycles. The van der Waals surface area contributed by atoms with Gasteiger partial charge in [-0.25, -0.2) is 4.68 Å². The summed E-state index contributed by atoms with van der Waals surface area (Å²) in [7, 11) is 0. The zero-order valence-corrected chi connectivity index (χ0v) is 9.82. The molecule has 0 saturated carbocycles. The number of aromatic nitrogens is 4. The van der Waals surface area contributed by atoms with Crippen LogP contribution >= 0.6 is 0 Å². The normalized spacial score (nSPS) is 10.9. The second-order valence-electron chi connectivity index (χ2n) is 4.14. The molecule has 0 amide bonds. The SMILES string of the molecule is NCc1cn(Cc2ccc3ncccc3c2)nn1. The van der Waals surface area contributed by atoms with Crippen LogP contribution < -0.4 is 5.73 Å². The van der Waals surface area contributed by atoms with E-state index in [1.54, 1.807) is 10.9 Å². The first kappa shape index (κ1) is 10.9. The highest BCUT2D eigenvalue weighted by molar-refractivity contribution is 5.78. The van der Waals surface area contributed by atoms with Crippen LogP contribution in [0.1, 0.15) is 11.3 Å². The molecule has 5 heteroatoms. The molecule has 5 nitrogen and oxygen atoms in total. The summed E-state index contributed by atoms with van der Waals surface area (Å²) in [6, 6.07) is 10.2. The van der Waals surface area contributed by atoms with E-state index in [2.05, 4.69) is 33.5 Å². The first-order chi connectivity index (χ1) is 8.85. The average molecular weight is 239 g/mol. The molecule has 1 aromatic carbocycles. The van der Waals surface area contributed by atoms with E-state index >= 15 is 0 Å². The molecule has 18 heavy (non-hydrogen) atoms. The molecule has 90 valence electrons. The fourth-order valence-corrected chi connectivity index (χ4v) is 1.92.